The Morgan fingerprint density at radius 2 is 1.64 bits per heavy atom. The van der Waals surface area contributed by atoms with E-state index >= 15 is 0 Å². The van der Waals surface area contributed by atoms with Gasteiger partial charge >= 0.3 is 11.8 Å². The van der Waals surface area contributed by atoms with Crippen LogP contribution < -0.4 is 9.64 Å². The molecule has 0 radical (unpaired) electrons. The number of amides is 1. The first-order valence-corrected chi connectivity index (χ1v) is 7.87. The number of hydrogen-bond donors (Lipinski definition) is 0. The summed E-state index contributed by atoms with van der Waals surface area (Å²) in [5.74, 6) is -13.2. The average molecular weight is 420 g/mol. The summed E-state index contributed by atoms with van der Waals surface area (Å²) in [5.41, 5.74) is -2.19. The lowest BCUT2D eigenvalue weighted by Gasteiger charge is -2.35. The van der Waals surface area contributed by atoms with Crippen LogP contribution in [0.2, 0.25) is 5.02 Å². The van der Waals surface area contributed by atoms with Crippen LogP contribution in [-0.4, -0.2) is 18.3 Å². The maximum Gasteiger partial charge on any atom is 0.324 e. The molecule has 2 aromatic carbocycles. The van der Waals surface area contributed by atoms with Crippen molar-refractivity contribution < 1.29 is 35.9 Å². The predicted octanol–water partition coefficient (Wildman–Crippen LogP) is 4.75. The van der Waals surface area contributed by atoms with Crippen molar-refractivity contribution in [2.45, 2.75) is 12.8 Å². The Morgan fingerprint density at radius 1 is 1.11 bits per heavy atom. The number of halogens is 7. The lowest BCUT2D eigenvalue weighted by atomic mass is 10.0. The first-order valence-electron chi connectivity index (χ1n) is 7.50. The molecule has 1 aliphatic rings. The molecule has 1 heterocycles. The molecule has 3 rings (SSSR count). The molecule has 2 aromatic rings. The van der Waals surface area contributed by atoms with Gasteiger partial charge < -0.3 is 4.74 Å². The number of alkyl halides is 1. The summed E-state index contributed by atoms with van der Waals surface area (Å²) in [7, 11) is 0. The first-order chi connectivity index (χ1) is 13.0. The smallest absolute Gasteiger partial charge is 0.324 e. The molecule has 1 unspecified atom stereocenters. The van der Waals surface area contributed by atoms with Crippen LogP contribution in [-0.2, 0) is 4.79 Å². The summed E-state index contributed by atoms with van der Waals surface area (Å²) in [5, 5.41) is -0.507. The minimum absolute atomic E-state index is 0.249. The van der Waals surface area contributed by atoms with Gasteiger partial charge in [0.1, 0.15) is 5.75 Å². The fourth-order valence-electron chi connectivity index (χ4n) is 2.72. The molecule has 0 bridgehead atoms. The number of benzene rings is 2. The molecule has 28 heavy (non-hydrogen) atoms. The Morgan fingerprint density at radius 3 is 2.18 bits per heavy atom. The van der Waals surface area contributed by atoms with Crippen LogP contribution in [0.1, 0.15) is 6.92 Å². The minimum atomic E-state index is -2.81. The SMILES string of the molecule is C#CCN1C(=O)C(C)(F)Oc2cc(Cl)c(-c3c(F)c(F)c(F)c(F)c3F)cc21. The van der Waals surface area contributed by atoms with Crippen LogP contribution in [0.3, 0.4) is 0 Å². The summed E-state index contributed by atoms with van der Waals surface area (Å²) in [6.07, 6.45) is 5.16. The van der Waals surface area contributed by atoms with Gasteiger partial charge in [0.25, 0.3) is 0 Å². The van der Waals surface area contributed by atoms with Gasteiger partial charge in [-0.3, -0.25) is 9.69 Å². The lowest BCUT2D eigenvalue weighted by Crippen LogP contribution is -2.51. The molecular weight excluding hydrogens is 412 g/mol. The van der Waals surface area contributed by atoms with E-state index in [0.717, 1.165) is 24.0 Å². The molecule has 10 heteroatoms. The number of anilines is 1. The lowest BCUT2D eigenvalue weighted by molar-refractivity contribution is -0.149. The average Bonchev–Trinajstić information content (AvgIpc) is 2.63. The second kappa shape index (κ2) is 6.63. The summed E-state index contributed by atoms with van der Waals surface area (Å²) in [4.78, 5) is 12.9. The number of carbonyl (C=O) groups excluding carboxylic acids is 1. The predicted molar refractivity (Wildman–Crippen MR) is 88.0 cm³/mol. The highest BCUT2D eigenvalue weighted by atomic mass is 35.5. The highest BCUT2D eigenvalue weighted by molar-refractivity contribution is 6.33. The van der Waals surface area contributed by atoms with Crippen molar-refractivity contribution in [3.8, 4) is 29.2 Å². The minimum Gasteiger partial charge on any atom is -0.448 e. The third-order valence-corrected chi connectivity index (χ3v) is 4.31. The zero-order valence-corrected chi connectivity index (χ0v) is 14.6. The topological polar surface area (TPSA) is 29.5 Å². The Balaban J connectivity index is 2.32. The number of fused-ring (bicyclic) bond motifs is 1. The number of rotatable bonds is 2. The number of ether oxygens (including phenoxy) is 1. The third kappa shape index (κ3) is 2.85. The van der Waals surface area contributed by atoms with Crippen molar-refractivity contribution in [2.24, 2.45) is 0 Å². The number of nitrogens with zero attached hydrogens (tertiary/aromatic N) is 1. The van der Waals surface area contributed by atoms with Crippen LogP contribution >= 0.6 is 11.6 Å². The second-order valence-electron chi connectivity index (χ2n) is 5.86. The van der Waals surface area contributed by atoms with E-state index in [-0.39, 0.29) is 11.4 Å². The van der Waals surface area contributed by atoms with Crippen LogP contribution in [0.15, 0.2) is 12.1 Å². The summed E-state index contributed by atoms with van der Waals surface area (Å²) in [6, 6.07) is 1.72. The van der Waals surface area contributed by atoms with Crippen molar-refractivity contribution in [1.82, 2.24) is 0 Å². The van der Waals surface area contributed by atoms with E-state index in [1.807, 2.05) is 0 Å². The Hall–Kier alpha value is -2.86. The van der Waals surface area contributed by atoms with E-state index in [4.69, 9.17) is 22.8 Å². The fourth-order valence-corrected chi connectivity index (χ4v) is 2.97. The Kier molecular flexibility index (Phi) is 4.71. The number of terminal acetylenes is 1. The Labute approximate surface area is 159 Å². The molecule has 0 saturated carbocycles. The normalized spacial score (nSPS) is 18.5. The van der Waals surface area contributed by atoms with E-state index in [2.05, 4.69) is 5.92 Å². The molecule has 0 saturated heterocycles. The molecular formula is C18H8ClF6NO2. The van der Waals surface area contributed by atoms with Gasteiger partial charge in [0.05, 0.1) is 22.8 Å². The van der Waals surface area contributed by atoms with Crippen LogP contribution in [0, 0.1) is 41.4 Å². The molecule has 1 atom stereocenters. The fraction of sp³-hybridized carbons (Fsp3) is 0.167. The van der Waals surface area contributed by atoms with Gasteiger partial charge in [-0.2, -0.15) is 4.39 Å². The van der Waals surface area contributed by atoms with E-state index in [9.17, 15) is 31.1 Å². The first kappa shape index (κ1) is 19.9. The van der Waals surface area contributed by atoms with Gasteiger partial charge in [0.15, 0.2) is 23.3 Å². The molecule has 146 valence electrons. The van der Waals surface area contributed by atoms with Gasteiger partial charge in [0.2, 0.25) is 5.82 Å². The molecule has 0 N–H and O–H groups in total. The summed E-state index contributed by atoms with van der Waals surface area (Å²) in [6.45, 7) is 0.362. The maximum atomic E-state index is 14.4. The zero-order valence-electron chi connectivity index (χ0n) is 13.8. The largest absolute Gasteiger partial charge is 0.448 e. The molecule has 0 fully saturated rings. The van der Waals surface area contributed by atoms with Crippen LogP contribution in [0.4, 0.5) is 32.0 Å². The van der Waals surface area contributed by atoms with Crippen molar-refractivity contribution in [3.05, 3.63) is 46.2 Å². The second-order valence-corrected chi connectivity index (χ2v) is 6.27. The molecule has 0 spiro atoms. The quantitative estimate of drug-likeness (QED) is 0.304. The van der Waals surface area contributed by atoms with E-state index < -0.39 is 63.5 Å². The number of carbonyl (C=O) groups is 1. The standard InChI is InChI=1S/C18H8ClF6NO2/c1-3-4-26-9-5-7(8(19)6-10(9)28-18(2,25)17(26)27)11-12(20)14(22)16(24)15(23)13(11)21/h1,5-6H,4H2,2H3. The highest BCUT2D eigenvalue weighted by Crippen LogP contribution is 2.45. The van der Waals surface area contributed by atoms with E-state index in [1.54, 1.807) is 0 Å². The van der Waals surface area contributed by atoms with Gasteiger partial charge in [-0.1, -0.05) is 17.5 Å². The van der Waals surface area contributed by atoms with Crippen molar-refractivity contribution in [1.29, 1.82) is 0 Å². The molecule has 1 aliphatic heterocycles. The highest BCUT2D eigenvalue weighted by Gasteiger charge is 2.45. The van der Waals surface area contributed by atoms with Crippen molar-refractivity contribution >= 4 is 23.2 Å². The Bertz CT molecular complexity index is 1030. The number of hydrogen-bond acceptors (Lipinski definition) is 2. The summed E-state index contributed by atoms with van der Waals surface area (Å²) >= 11 is 5.92. The van der Waals surface area contributed by atoms with Crippen LogP contribution in [0.25, 0.3) is 11.1 Å². The monoisotopic (exact) mass is 419 g/mol. The molecule has 3 nitrogen and oxygen atoms in total. The third-order valence-electron chi connectivity index (χ3n) is 4.00. The maximum absolute atomic E-state index is 14.4. The van der Waals surface area contributed by atoms with Gasteiger partial charge in [-0.05, 0) is 6.07 Å². The van der Waals surface area contributed by atoms with E-state index in [0.29, 0.717) is 0 Å². The van der Waals surface area contributed by atoms with Gasteiger partial charge in [0, 0.05) is 18.6 Å². The van der Waals surface area contributed by atoms with E-state index in [1.165, 1.54) is 0 Å². The van der Waals surface area contributed by atoms with Gasteiger partial charge in [-0.15, -0.1) is 6.42 Å². The molecule has 0 aliphatic carbocycles. The summed E-state index contributed by atoms with van der Waals surface area (Å²) < 4.78 is 88.0. The molecule has 1 amide bonds. The van der Waals surface area contributed by atoms with Gasteiger partial charge in [-0.25, -0.2) is 22.0 Å². The molecule has 0 aromatic heterocycles. The van der Waals surface area contributed by atoms with Crippen LogP contribution in [0.5, 0.6) is 5.75 Å². The van der Waals surface area contributed by atoms with Crippen molar-refractivity contribution in [2.75, 3.05) is 11.4 Å². The zero-order chi connectivity index (χ0) is 21.0. The van der Waals surface area contributed by atoms with Crippen molar-refractivity contribution in [3.63, 3.8) is 0 Å².